The van der Waals surface area contributed by atoms with E-state index in [0.717, 1.165) is 97.2 Å². The number of likely N-dealkylation sites (N-methyl/N-ethyl adjacent to an activating group) is 1. The summed E-state index contributed by atoms with van der Waals surface area (Å²) in [5.74, 6) is 0.540. The summed E-state index contributed by atoms with van der Waals surface area (Å²) in [6.45, 7) is 11.8. The molecule has 300 valence electrons. The number of piperazine rings is 1. The van der Waals surface area contributed by atoms with E-state index in [1.54, 1.807) is 6.07 Å². The number of hydrogen-bond acceptors (Lipinski definition) is 9. The third kappa shape index (κ3) is 7.92. The van der Waals surface area contributed by atoms with Gasteiger partial charge >= 0.3 is 0 Å². The monoisotopic (exact) mass is 783 g/mol. The molecule has 2 saturated heterocycles. The van der Waals surface area contributed by atoms with E-state index in [9.17, 15) is 14.0 Å². The molecule has 0 aromatic heterocycles. The van der Waals surface area contributed by atoms with E-state index < -0.39 is 0 Å². The number of anilines is 4. The van der Waals surface area contributed by atoms with Gasteiger partial charge in [-0.05, 0) is 93.6 Å². The summed E-state index contributed by atoms with van der Waals surface area (Å²) in [6.07, 6.45) is 3.96. The number of nitrogens with zero attached hydrogens (tertiary/aromatic N) is 3. The average molecular weight is 784 g/mol. The molecular weight excluding hydrogens is 734 g/mol. The first kappa shape index (κ1) is 37.9. The highest BCUT2D eigenvalue weighted by molar-refractivity contribution is 6.37. The highest BCUT2D eigenvalue weighted by Crippen LogP contribution is 2.43. The van der Waals surface area contributed by atoms with E-state index in [1.165, 1.54) is 44.5 Å². The molecule has 12 heteroatoms. The SMILES string of the molecule is CN1CCN(CCNc2ccc3c(c2)COC3=C2C(=O)Nc3ccccc32)CC1.O=C1Nc2cc(F)ccc2C1=C1OCc2cc(NCCN3CCCCC3)ccc21. The van der Waals surface area contributed by atoms with Gasteiger partial charge < -0.3 is 40.5 Å². The van der Waals surface area contributed by atoms with Crippen LogP contribution < -0.4 is 21.3 Å². The molecule has 6 aliphatic rings. The summed E-state index contributed by atoms with van der Waals surface area (Å²) in [5, 5.41) is 12.7. The van der Waals surface area contributed by atoms with Gasteiger partial charge in [-0.15, -0.1) is 0 Å². The predicted octanol–water partition coefficient (Wildman–Crippen LogP) is 6.77. The Kier molecular flexibility index (Phi) is 10.9. The van der Waals surface area contributed by atoms with Crippen molar-refractivity contribution < 1.29 is 23.5 Å². The Hall–Kier alpha value is -5.69. The van der Waals surface area contributed by atoms with E-state index in [4.69, 9.17) is 9.47 Å². The lowest BCUT2D eigenvalue weighted by Crippen LogP contribution is -2.45. The fourth-order valence-corrected chi connectivity index (χ4v) is 8.64. The van der Waals surface area contributed by atoms with Gasteiger partial charge in [0.15, 0.2) is 0 Å². The second-order valence-corrected chi connectivity index (χ2v) is 15.8. The van der Waals surface area contributed by atoms with Crippen LogP contribution in [0.1, 0.15) is 52.6 Å². The first-order valence-corrected chi connectivity index (χ1v) is 20.5. The van der Waals surface area contributed by atoms with Gasteiger partial charge in [0.1, 0.15) is 30.5 Å². The third-order valence-electron chi connectivity index (χ3n) is 11.9. The molecule has 11 nitrogen and oxygen atoms in total. The first-order chi connectivity index (χ1) is 28.4. The summed E-state index contributed by atoms with van der Waals surface area (Å²) in [5.41, 5.74) is 10.3. The highest BCUT2D eigenvalue weighted by Gasteiger charge is 2.34. The maximum Gasteiger partial charge on any atom is 0.260 e. The topological polar surface area (TPSA) is 110 Å². The van der Waals surface area contributed by atoms with E-state index in [-0.39, 0.29) is 17.6 Å². The molecule has 4 N–H and O–H groups in total. The molecule has 10 rings (SSSR count). The molecule has 4 aromatic rings. The minimum atomic E-state index is -0.372. The zero-order chi connectivity index (χ0) is 39.6. The van der Waals surface area contributed by atoms with Crippen molar-refractivity contribution in [3.63, 3.8) is 0 Å². The molecule has 58 heavy (non-hydrogen) atoms. The first-order valence-electron chi connectivity index (χ1n) is 20.5. The summed E-state index contributed by atoms with van der Waals surface area (Å²) in [4.78, 5) is 32.4. The number of halogens is 1. The van der Waals surface area contributed by atoms with Crippen molar-refractivity contribution >= 4 is 57.2 Å². The number of rotatable bonds is 8. The molecule has 2 amide bonds. The minimum absolute atomic E-state index is 0.0940. The summed E-state index contributed by atoms with van der Waals surface area (Å²) >= 11 is 0. The van der Waals surface area contributed by atoms with Gasteiger partial charge in [-0.2, -0.15) is 0 Å². The second kappa shape index (κ2) is 16.7. The number of fused-ring (bicyclic) bond motifs is 4. The van der Waals surface area contributed by atoms with Crippen LogP contribution in [0, 0.1) is 5.82 Å². The van der Waals surface area contributed by atoms with Gasteiger partial charge in [0.05, 0.1) is 16.8 Å². The Morgan fingerprint density at radius 3 is 1.76 bits per heavy atom. The molecule has 4 aromatic carbocycles. The Morgan fingerprint density at radius 1 is 0.603 bits per heavy atom. The zero-order valence-corrected chi connectivity index (χ0v) is 33.0. The molecule has 0 unspecified atom stereocenters. The molecule has 2 fully saturated rings. The summed E-state index contributed by atoms with van der Waals surface area (Å²) in [7, 11) is 2.18. The Bertz CT molecular complexity index is 2290. The minimum Gasteiger partial charge on any atom is -0.487 e. The van der Waals surface area contributed by atoms with Crippen LogP contribution in [0.15, 0.2) is 78.9 Å². The molecule has 0 saturated carbocycles. The van der Waals surface area contributed by atoms with Gasteiger partial charge in [-0.3, -0.25) is 14.5 Å². The van der Waals surface area contributed by atoms with Gasteiger partial charge in [-0.1, -0.05) is 24.6 Å². The second-order valence-electron chi connectivity index (χ2n) is 15.8. The number of benzene rings is 4. The van der Waals surface area contributed by atoms with Crippen molar-refractivity contribution in [1.82, 2.24) is 14.7 Å². The Labute approximate surface area is 338 Å². The number of nitrogens with one attached hydrogen (secondary N) is 4. The lowest BCUT2D eigenvalue weighted by molar-refractivity contribution is -0.111. The normalized spacial score (nSPS) is 21.1. The number of ether oxygens (including phenoxy) is 2. The van der Waals surface area contributed by atoms with Gasteiger partial charge in [0.2, 0.25) is 0 Å². The predicted molar refractivity (Wildman–Crippen MR) is 227 cm³/mol. The van der Waals surface area contributed by atoms with Crippen LogP contribution in [0.5, 0.6) is 0 Å². The highest BCUT2D eigenvalue weighted by atomic mass is 19.1. The maximum atomic E-state index is 13.5. The standard InChI is InChI=1S/C23H24FN3O2.C23H26N4O2/c24-16-4-6-19-20(13-16)26-23(28)21(19)22-18-7-5-17(12-15(18)14-29-22)25-8-11-27-9-2-1-3-10-27;1-26-10-12-27(13-11-26)9-8-24-17-6-7-18-16(14-17)15-29-22(18)21-19-4-2-3-5-20(19)25-23(21)28/h4-7,12-13,25H,1-3,8-11,14H2,(H,26,28);2-7,14,24H,8-13,15H2,1H3,(H,25,28). The average Bonchev–Trinajstić information content (AvgIpc) is 4.00. The molecule has 0 aliphatic carbocycles. The molecule has 0 atom stereocenters. The van der Waals surface area contributed by atoms with Crippen LogP contribution in [-0.4, -0.2) is 99.0 Å². The largest absolute Gasteiger partial charge is 0.487 e. The maximum absolute atomic E-state index is 13.5. The van der Waals surface area contributed by atoms with Crippen molar-refractivity contribution in [2.24, 2.45) is 0 Å². The number of para-hydroxylation sites is 1. The van der Waals surface area contributed by atoms with Crippen LogP contribution >= 0.6 is 0 Å². The third-order valence-corrected chi connectivity index (χ3v) is 11.9. The number of hydrogen-bond donors (Lipinski definition) is 4. The lowest BCUT2D eigenvalue weighted by Gasteiger charge is -2.32. The van der Waals surface area contributed by atoms with Crippen molar-refractivity contribution in [2.75, 3.05) is 93.8 Å². The van der Waals surface area contributed by atoms with E-state index in [2.05, 4.69) is 67.3 Å². The molecule has 6 aliphatic heterocycles. The summed E-state index contributed by atoms with van der Waals surface area (Å²) < 4.78 is 25.4. The van der Waals surface area contributed by atoms with Crippen molar-refractivity contribution in [3.8, 4) is 0 Å². The van der Waals surface area contributed by atoms with Crippen LogP contribution in [-0.2, 0) is 32.3 Å². The fourth-order valence-electron chi connectivity index (χ4n) is 8.64. The number of piperidine rings is 1. The Morgan fingerprint density at radius 2 is 1.14 bits per heavy atom. The van der Waals surface area contributed by atoms with Gasteiger partial charge in [0, 0.05) is 103 Å². The molecule has 0 bridgehead atoms. The van der Waals surface area contributed by atoms with Crippen molar-refractivity contribution in [3.05, 3.63) is 118 Å². The number of likely N-dealkylation sites (tertiary alicyclic amines) is 1. The number of amides is 2. The number of carbonyl (C=O) groups excluding carboxylic acids is 2. The van der Waals surface area contributed by atoms with E-state index in [0.29, 0.717) is 47.1 Å². The van der Waals surface area contributed by atoms with Crippen molar-refractivity contribution in [1.29, 1.82) is 0 Å². The quantitative estimate of drug-likeness (QED) is 0.144. The molecule has 0 spiro atoms. The zero-order valence-electron chi connectivity index (χ0n) is 33.0. The van der Waals surface area contributed by atoms with E-state index >= 15 is 0 Å². The number of carbonyl (C=O) groups is 2. The molecular formula is C46H50FN7O4. The van der Waals surface area contributed by atoms with Crippen molar-refractivity contribution in [2.45, 2.75) is 32.5 Å². The van der Waals surface area contributed by atoms with Gasteiger partial charge in [0.25, 0.3) is 11.8 Å². The molecule has 0 radical (unpaired) electrons. The fraction of sp³-hybridized carbons (Fsp3) is 0.348. The van der Waals surface area contributed by atoms with E-state index in [1.807, 2.05) is 36.4 Å². The smallest absolute Gasteiger partial charge is 0.260 e. The lowest BCUT2D eigenvalue weighted by atomic mass is 10.00. The van der Waals surface area contributed by atoms with Crippen LogP contribution in [0.4, 0.5) is 27.1 Å². The summed E-state index contributed by atoms with van der Waals surface area (Å²) in [6, 6.07) is 24.5. The van der Waals surface area contributed by atoms with Crippen LogP contribution in [0.3, 0.4) is 0 Å². The van der Waals surface area contributed by atoms with Crippen LogP contribution in [0.2, 0.25) is 0 Å². The molecule has 6 heterocycles. The van der Waals surface area contributed by atoms with Gasteiger partial charge in [-0.25, -0.2) is 4.39 Å². The Balaban J connectivity index is 0.000000150. The van der Waals surface area contributed by atoms with Crippen LogP contribution in [0.25, 0.3) is 22.7 Å².